The smallest absolute Gasteiger partial charge is 0.355 e. The van der Waals surface area contributed by atoms with Gasteiger partial charge in [-0.15, -0.1) is 24.0 Å². The molecule has 0 fully saturated rings. The molecule has 0 aliphatic rings. The van der Waals surface area contributed by atoms with Crippen LogP contribution >= 0.6 is 24.0 Å². The molecule has 0 spiro atoms. The van der Waals surface area contributed by atoms with Gasteiger partial charge in [0.2, 0.25) is 0 Å². The van der Waals surface area contributed by atoms with Gasteiger partial charge in [0, 0.05) is 20.1 Å². The number of benzene rings is 2. The summed E-state index contributed by atoms with van der Waals surface area (Å²) in [5, 5.41) is 8.68. The van der Waals surface area contributed by atoms with E-state index in [1.807, 2.05) is 25.1 Å². The third-order valence-corrected chi connectivity index (χ3v) is 4.10. The van der Waals surface area contributed by atoms with Crippen LogP contribution < -0.4 is 10.6 Å². The van der Waals surface area contributed by atoms with E-state index in [1.54, 1.807) is 7.05 Å². The summed E-state index contributed by atoms with van der Waals surface area (Å²) in [6.07, 6.45) is -4.18. The predicted molar refractivity (Wildman–Crippen MR) is 116 cm³/mol. The molecule has 0 saturated carbocycles. The maximum Gasteiger partial charge on any atom is 0.401 e. The van der Waals surface area contributed by atoms with E-state index in [4.69, 9.17) is 0 Å². The van der Waals surface area contributed by atoms with Crippen molar-refractivity contribution >= 4 is 40.7 Å². The number of hydrogen-bond acceptors (Lipinski definition) is 2. The second-order valence-corrected chi connectivity index (χ2v) is 6.29. The molecule has 1 atom stereocenters. The van der Waals surface area contributed by atoms with Gasteiger partial charge in [0.25, 0.3) is 0 Å². The van der Waals surface area contributed by atoms with Gasteiger partial charge in [-0.1, -0.05) is 42.5 Å². The topological polar surface area (TPSA) is 39.7 Å². The number of fused-ring (bicyclic) bond motifs is 1. The second kappa shape index (κ2) is 10.7. The Morgan fingerprint density at radius 2 is 1.81 bits per heavy atom. The lowest BCUT2D eigenvalue weighted by molar-refractivity contribution is -0.142. The highest BCUT2D eigenvalue weighted by Gasteiger charge is 2.28. The Morgan fingerprint density at radius 1 is 1.15 bits per heavy atom. The summed E-state index contributed by atoms with van der Waals surface area (Å²) in [4.78, 5) is 5.39. The first-order chi connectivity index (χ1) is 12.3. The molecule has 0 radical (unpaired) electrons. The fourth-order valence-corrected chi connectivity index (χ4v) is 2.86. The Balaban J connectivity index is 0.00000364. The maximum atomic E-state index is 12.3. The number of hydrogen-bond donors (Lipinski definition) is 2. The Labute approximate surface area is 175 Å². The Morgan fingerprint density at radius 3 is 2.48 bits per heavy atom. The van der Waals surface area contributed by atoms with Crippen LogP contribution in [0.2, 0.25) is 0 Å². The molecular weight excluding hydrogens is 468 g/mol. The number of nitrogens with zero attached hydrogens (tertiary/aromatic N) is 2. The lowest BCUT2D eigenvalue weighted by Crippen LogP contribution is -2.43. The minimum atomic E-state index is -4.18. The minimum Gasteiger partial charge on any atom is -0.355 e. The molecular formula is C19H26F3IN4. The molecule has 27 heavy (non-hydrogen) atoms. The molecule has 4 nitrogen and oxygen atoms in total. The molecule has 0 saturated heterocycles. The van der Waals surface area contributed by atoms with Crippen molar-refractivity contribution < 1.29 is 13.2 Å². The highest BCUT2D eigenvalue weighted by molar-refractivity contribution is 14.0. The van der Waals surface area contributed by atoms with Gasteiger partial charge in [0.15, 0.2) is 5.96 Å². The Kier molecular flexibility index (Phi) is 9.31. The van der Waals surface area contributed by atoms with Crippen LogP contribution in [-0.4, -0.2) is 50.8 Å². The minimum absolute atomic E-state index is 0. The third-order valence-electron chi connectivity index (χ3n) is 4.10. The highest BCUT2D eigenvalue weighted by atomic mass is 127. The zero-order valence-corrected chi connectivity index (χ0v) is 18.0. The summed E-state index contributed by atoms with van der Waals surface area (Å²) < 4.78 is 37.0. The molecule has 2 N–H and O–H groups in total. The largest absolute Gasteiger partial charge is 0.401 e. The Hall–Kier alpha value is -1.55. The average Bonchev–Trinajstić information content (AvgIpc) is 2.58. The van der Waals surface area contributed by atoms with Gasteiger partial charge in [-0.3, -0.25) is 9.89 Å². The molecule has 2 aromatic rings. The van der Waals surface area contributed by atoms with E-state index in [-0.39, 0.29) is 36.6 Å². The van der Waals surface area contributed by atoms with Crippen molar-refractivity contribution in [1.29, 1.82) is 0 Å². The second-order valence-electron chi connectivity index (χ2n) is 6.29. The monoisotopic (exact) mass is 494 g/mol. The quantitative estimate of drug-likeness (QED) is 0.360. The fraction of sp³-hybridized carbons (Fsp3) is 0.421. The lowest BCUT2D eigenvalue weighted by Gasteiger charge is -2.22. The first-order valence-electron chi connectivity index (χ1n) is 8.50. The van der Waals surface area contributed by atoms with E-state index in [0.29, 0.717) is 12.5 Å². The number of guanidine groups is 1. The first-order valence-corrected chi connectivity index (χ1v) is 8.50. The molecule has 1 unspecified atom stereocenters. The zero-order chi connectivity index (χ0) is 19.2. The van der Waals surface area contributed by atoms with Crippen LogP contribution in [-0.2, 0) is 0 Å². The summed E-state index contributed by atoms with van der Waals surface area (Å²) in [6.45, 7) is 1.74. The van der Waals surface area contributed by atoms with Crippen LogP contribution in [0, 0.1) is 0 Å². The standard InChI is InChI=1S/C19H25F3N4.HI/c1-14(16-10-6-8-15-7-4-5-9-17(15)16)25-18(23-2)24-11-12-26(3)13-19(20,21)22;/h4-10,14H,11-13H2,1-3H3,(H2,23,24,25);1H. The van der Waals surface area contributed by atoms with Gasteiger partial charge in [0.05, 0.1) is 12.6 Å². The van der Waals surface area contributed by atoms with Crippen LogP contribution in [0.25, 0.3) is 10.8 Å². The molecule has 2 rings (SSSR count). The molecule has 8 heteroatoms. The molecule has 0 bridgehead atoms. The van der Waals surface area contributed by atoms with Crippen LogP contribution in [0.4, 0.5) is 13.2 Å². The highest BCUT2D eigenvalue weighted by Crippen LogP contribution is 2.23. The fourth-order valence-electron chi connectivity index (χ4n) is 2.86. The number of halogens is 4. The van der Waals surface area contributed by atoms with Gasteiger partial charge in [-0.05, 0) is 30.3 Å². The molecule has 0 aliphatic carbocycles. The van der Waals surface area contributed by atoms with Crippen LogP contribution in [0.5, 0.6) is 0 Å². The van der Waals surface area contributed by atoms with Crippen LogP contribution in [0.15, 0.2) is 47.5 Å². The first kappa shape index (κ1) is 23.5. The normalized spacial score (nSPS) is 13.4. The number of aliphatic imine (C=N–C) groups is 1. The maximum absolute atomic E-state index is 12.3. The number of alkyl halides is 3. The summed E-state index contributed by atoms with van der Waals surface area (Å²) in [7, 11) is 3.09. The van der Waals surface area contributed by atoms with E-state index in [9.17, 15) is 13.2 Å². The summed E-state index contributed by atoms with van der Waals surface area (Å²) >= 11 is 0. The van der Waals surface area contributed by atoms with Gasteiger partial charge in [-0.25, -0.2) is 0 Å². The molecule has 0 aromatic heterocycles. The molecule has 2 aromatic carbocycles. The molecule has 0 amide bonds. The van der Waals surface area contributed by atoms with Crippen molar-refractivity contribution in [3.05, 3.63) is 48.0 Å². The van der Waals surface area contributed by atoms with Crippen LogP contribution in [0.1, 0.15) is 18.5 Å². The van der Waals surface area contributed by atoms with Crippen molar-refractivity contribution in [3.63, 3.8) is 0 Å². The zero-order valence-electron chi connectivity index (χ0n) is 15.7. The van der Waals surface area contributed by atoms with Gasteiger partial charge in [-0.2, -0.15) is 13.2 Å². The average molecular weight is 494 g/mol. The lowest BCUT2D eigenvalue weighted by atomic mass is 10.00. The van der Waals surface area contributed by atoms with E-state index >= 15 is 0 Å². The predicted octanol–water partition coefficient (Wildman–Crippen LogP) is 4.18. The number of nitrogens with one attached hydrogen (secondary N) is 2. The SMILES string of the molecule is CN=C(NCCN(C)CC(F)(F)F)NC(C)c1cccc2ccccc12.I. The van der Waals surface area contributed by atoms with Gasteiger partial charge < -0.3 is 10.6 Å². The van der Waals surface area contributed by atoms with Gasteiger partial charge in [0.1, 0.15) is 0 Å². The van der Waals surface area contributed by atoms with Crippen LogP contribution in [0.3, 0.4) is 0 Å². The van der Waals surface area contributed by atoms with Gasteiger partial charge >= 0.3 is 6.18 Å². The molecule has 0 aliphatic heterocycles. The van der Waals surface area contributed by atoms with E-state index in [1.165, 1.54) is 11.9 Å². The van der Waals surface area contributed by atoms with Crippen molar-refractivity contribution in [2.24, 2.45) is 4.99 Å². The van der Waals surface area contributed by atoms with E-state index in [2.05, 4.69) is 39.9 Å². The summed E-state index contributed by atoms with van der Waals surface area (Å²) in [6, 6.07) is 14.3. The third kappa shape index (κ3) is 7.53. The van der Waals surface area contributed by atoms with Crippen molar-refractivity contribution in [1.82, 2.24) is 15.5 Å². The summed E-state index contributed by atoms with van der Waals surface area (Å²) in [5.74, 6) is 0.561. The van der Waals surface area contributed by atoms with Crippen molar-refractivity contribution in [2.45, 2.75) is 19.1 Å². The summed E-state index contributed by atoms with van der Waals surface area (Å²) in [5.41, 5.74) is 1.14. The Bertz CT molecular complexity index is 744. The van der Waals surface area contributed by atoms with Crippen molar-refractivity contribution in [2.75, 3.05) is 33.7 Å². The van der Waals surface area contributed by atoms with E-state index < -0.39 is 12.7 Å². The number of rotatable bonds is 6. The molecule has 0 heterocycles. The number of likely N-dealkylation sites (N-methyl/N-ethyl adjacent to an activating group) is 1. The van der Waals surface area contributed by atoms with E-state index in [0.717, 1.165) is 16.3 Å². The van der Waals surface area contributed by atoms with Crippen molar-refractivity contribution in [3.8, 4) is 0 Å². The molecule has 150 valence electrons.